The van der Waals surface area contributed by atoms with E-state index in [-0.39, 0.29) is 25.7 Å². The fourth-order valence-electron chi connectivity index (χ4n) is 9.87. The number of phosphoric ester groups is 2. The number of hydrogen-bond acceptors (Lipinski definition) is 15. The second-order valence-corrected chi connectivity index (χ2v) is 27.7. The van der Waals surface area contributed by atoms with Crippen LogP contribution in [0.15, 0.2) is 97.2 Å². The van der Waals surface area contributed by atoms with Gasteiger partial charge in [0, 0.05) is 25.7 Å². The Morgan fingerprint density at radius 3 is 0.854 bits per heavy atom. The van der Waals surface area contributed by atoms with Gasteiger partial charge in [-0.2, -0.15) is 0 Å². The van der Waals surface area contributed by atoms with Gasteiger partial charge in [-0.15, -0.1) is 0 Å². The lowest BCUT2D eigenvalue weighted by molar-refractivity contribution is -0.161. The second-order valence-electron chi connectivity index (χ2n) is 24.8. The van der Waals surface area contributed by atoms with Crippen LogP contribution in [-0.2, 0) is 65.4 Å². The van der Waals surface area contributed by atoms with Crippen molar-refractivity contribution in [3.8, 4) is 0 Å². The highest BCUT2D eigenvalue weighted by molar-refractivity contribution is 7.47. The highest BCUT2D eigenvalue weighted by Crippen LogP contribution is 2.45. The monoisotopic (exact) mass is 1390 g/mol. The highest BCUT2D eigenvalue weighted by atomic mass is 31.2. The van der Waals surface area contributed by atoms with Crippen LogP contribution in [0.2, 0.25) is 0 Å². The molecule has 3 N–H and O–H groups in total. The fraction of sp³-hybridized carbons (Fsp3) is 0.740. The molecule has 0 saturated carbocycles. The molecule has 0 aromatic carbocycles. The molecule has 554 valence electrons. The number of unbranched alkanes of at least 4 members (excludes halogenated alkanes) is 28. The molecular formula is C77H134O17P2. The van der Waals surface area contributed by atoms with Gasteiger partial charge in [-0.1, -0.05) is 260 Å². The van der Waals surface area contributed by atoms with Gasteiger partial charge in [0.2, 0.25) is 0 Å². The van der Waals surface area contributed by atoms with Gasteiger partial charge in [0.05, 0.1) is 26.4 Å². The van der Waals surface area contributed by atoms with E-state index in [2.05, 4.69) is 125 Å². The molecule has 0 aliphatic carbocycles. The van der Waals surface area contributed by atoms with E-state index in [0.717, 1.165) is 167 Å². The third kappa shape index (κ3) is 68.5. The first kappa shape index (κ1) is 92.0. The van der Waals surface area contributed by atoms with Gasteiger partial charge in [-0.05, 0) is 122 Å². The molecule has 0 rings (SSSR count). The molecule has 0 bridgehead atoms. The summed E-state index contributed by atoms with van der Waals surface area (Å²) in [6.45, 7) is 4.58. The van der Waals surface area contributed by atoms with E-state index >= 15 is 0 Å². The zero-order chi connectivity index (χ0) is 70.4. The van der Waals surface area contributed by atoms with Crippen molar-refractivity contribution >= 4 is 39.5 Å². The predicted molar refractivity (Wildman–Crippen MR) is 390 cm³/mol. The van der Waals surface area contributed by atoms with E-state index in [0.29, 0.717) is 25.7 Å². The molecule has 0 aromatic rings. The van der Waals surface area contributed by atoms with Gasteiger partial charge in [-0.3, -0.25) is 37.3 Å². The quantitative estimate of drug-likeness (QED) is 0.0169. The minimum absolute atomic E-state index is 0.0694. The van der Waals surface area contributed by atoms with Crippen molar-refractivity contribution in [1.29, 1.82) is 0 Å². The molecule has 0 saturated heterocycles. The number of esters is 4. The van der Waals surface area contributed by atoms with Crippen LogP contribution in [-0.4, -0.2) is 96.7 Å². The Labute approximate surface area is 582 Å². The Morgan fingerprint density at radius 1 is 0.302 bits per heavy atom. The predicted octanol–water partition coefficient (Wildman–Crippen LogP) is 21.2. The Kier molecular flexibility index (Phi) is 66.6. The maximum atomic E-state index is 13.1. The minimum atomic E-state index is -4.98. The maximum absolute atomic E-state index is 13.1. The number of carbonyl (C=O) groups excluding carboxylic acids is 4. The summed E-state index contributed by atoms with van der Waals surface area (Å²) in [6.07, 6.45) is 71.2. The summed E-state index contributed by atoms with van der Waals surface area (Å²) < 4.78 is 68.4. The average molecular weight is 1390 g/mol. The smallest absolute Gasteiger partial charge is 0.462 e. The third-order valence-electron chi connectivity index (χ3n) is 15.5. The lowest BCUT2D eigenvalue weighted by Gasteiger charge is -2.21. The van der Waals surface area contributed by atoms with Crippen molar-refractivity contribution in [2.75, 3.05) is 39.6 Å². The Morgan fingerprint density at radius 2 is 0.542 bits per heavy atom. The van der Waals surface area contributed by atoms with E-state index < -0.39 is 97.5 Å². The maximum Gasteiger partial charge on any atom is 0.472 e. The number of hydrogen-bond donors (Lipinski definition) is 3. The van der Waals surface area contributed by atoms with Crippen LogP contribution in [0, 0.1) is 0 Å². The lowest BCUT2D eigenvalue weighted by Crippen LogP contribution is -2.30. The molecule has 0 spiro atoms. The normalized spacial score (nSPS) is 14.5. The van der Waals surface area contributed by atoms with Crippen LogP contribution in [0.1, 0.15) is 310 Å². The highest BCUT2D eigenvalue weighted by Gasteiger charge is 2.30. The topological polar surface area (TPSA) is 237 Å². The molecule has 5 unspecified atom stereocenters. The number of allylic oxidation sites excluding steroid dienone is 16. The van der Waals surface area contributed by atoms with E-state index in [1.807, 2.05) is 0 Å². The fourth-order valence-corrected chi connectivity index (χ4v) is 11.4. The average Bonchev–Trinajstić information content (AvgIpc) is 2.18. The Bertz CT molecular complexity index is 2200. The van der Waals surface area contributed by atoms with Gasteiger partial charge >= 0.3 is 39.5 Å². The number of rotatable bonds is 70. The second kappa shape index (κ2) is 69.5. The Hall–Kier alpha value is -4.02. The molecule has 19 heteroatoms. The van der Waals surface area contributed by atoms with E-state index in [9.17, 15) is 43.2 Å². The number of ether oxygens (including phenoxy) is 4. The van der Waals surface area contributed by atoms with E-state index in [4.69, 9.17) is 37.0 Å². The van der Waals surface area contributed by atoms with Crippen LogP contribution in [0.5, 0.6) is 0 Å². The number of aliphatic hydroxyl groups excluding tert-OH is 1. The summed E-state index contributed by atoms with van der Waals surface area (Å²) in [6, 6.07) is 0. The molecule has 5 atom stereocenters. The Balaban J connectivity index is 5.36. The van der Waals surface area contributed by atoms with Gasteiger partial charge < -0.3 is 33.8 Å². The summed E-state index contributed by atoms with van der Waals surface area (Å²) in [5, 5.41) is 10.6. The molecule has 0 aromatic heterocycles. The largest absolute Gasteiger partial charge is 0.472 e. The van der Waals surface area contributed by atoms with Crippen molar-refractivity contribution in [2.45, 2.75) is 329 Å². The number of carbonyl (C=O) groups is 4. The summed E-state index contributed by atoms with van der Waals surface area (Å²) in [4.78, 5) is 72.7. The summed E-state index contributed by atoms with van der Waals surface area (Å²) in [5.41, 5.74) is 0. The number of aliphatic hydroxyl groups is 1. The zero-order valence-corrected chi connectivity index (χ0v) is 62.1. The van der Waals surface area contributed by atoms with Gasteiger partial charge in [-0.25, -0.2) is 9.13 Å². The van der Waals surface area contributed by atoms with Gasteiger partial charge in [0.25, 0.3) is 0 Å². The van der Waals surface area contributed by atoms with Crippen molar-refractivity contribution in [3.05, 3.63) is 97.2 Å². The van der Waals surface area contributed by atoms with Crippen LogP contribution >= 0.6 is 15.6 Å². The van der Waals surface area contributed by atoms with Gasteiger partial charge in [0.15, 0.2) is 12.2 Å². The number of phosphoric acid groups is 2. The summed E-state index contributed by atoms with van der Waals surface area (Å²) >= 11 is 0. The minimum Gasteiger partial charge on any atom is -0.462 e. The van der Waals surface area contributed by atoms with Crippen molar-refractivity contribution in [2.24, 2.45) is 0 Å². The molecule has 0 radical (unpaired) electrons. The van der Waals surface area contributed by atoms with Crippen molar-refractivity contribution in [3.63, 3.8) is 0 Å². The van der Waals surface area contributed by atoms with Crippen molar-refractivity contribution < 1.29 is 80.2 Å². The van der Waals surface area contributed by atoms with Gasteiger partial charge in [0.1, 0.15) is 19.3 Å². The van der Waals surface area contributed by atoms with Crippen LogP contribution in [0.4, 0.5) is 0 Å². The first-order valence-corrected chi connectivity index (χ1v) is 40.5. The molecule has 0 aliphatic rings. The molecule has 17 nitrogen and oxygen atoms in total. The summed E-state index contributed by atoms with van der Waals surface area (Å²) in [7, 11) is -9.95. The standard InChI is InChI=1S/C77H134O17P2/c1-5-9-13-17-21-25-29-32-34-35-37-39-43-46-50-54-58-62-75(80)88-68-73(94-77(82)64-60-56-52-48-44-40-36-33-30-26-22-18-14-10-6-2)70-92-96(85,86)90-66-71(78)65-89-95(83,84)91-69-72(93-76(81)63-59-55-51-47-41-28-24-20-16-12-8-4)67-87-74(79)61-57-53-49-45-42-38-31-27-23-19-15-11-7-3/h9-10,13-14,21-22,25-27,31-34,36-37,39,71-73,78H,5-8,11-12,15-20,23-24,28-30,35,38,40-70H2,1-4H3,(H,83,84)(H,85,86)/b13-9-,14-10-,25-21-,26-22-,31-27-,34-32-,36-33-,39-37-. The van der Waals surface area contributed by atoms with Crippen LogP contribution in [0.25, 0.3) is 0 Å². The van der Waals surface area contributed by atoms with E-state index in [1.165, 1.54) is 64.2 Å². The molecule has 0 aliphatic heterocycles. The van der Waals surface area contributed by atoms with Crippen LogP contribution in [0.3, 0.4) is 0 Å². The first-order valence-electron chi connectivity index (χ1n) is 37.5. The SMILES string of the molecule is CC/C=C\C/C=C\C/C=C\C/C=C\CCCCCCC(=O)OCC(COP(=O)(O)OCC(O)COP(=O)(O)OCC(COC(=O)CCCCCCC/C=C\CCCCCC)OC(=O)CCCCCCCCCCCCC)OC(=O)CCCCCCC/C=C\C/C=C\C/C=C\CC. The molecular weight excluding hydrogens is 1260 g/mol. The first-order chi connectivity index (χ1) is 46.7. The third-order valence-corrected chi connectivity index (χ3v) is 17.4. The molecule has 0 heterocycles. The lowest BCUT2D eigenvalue weighted by atomic mass is 10.1. The van der Waals surface area contributed by atoms with Crippen molar-refractivity contribution in [1.82, 2.24) is 0 Å². The zero-order valence-electron chi connectivity index (χ0n) is 60.3. The molecule has 96 heavy (non-hydrogen) atoms. The molecule has 0 amide bonds. The summed E-state index contributed by atoms with van der Waals surface area (Å²) in [5.74, 6) is -2.22. The van der Waals surface area contributed by atoms with E-state index in [1.54, 1.807) is 0 Å². The van der Waals surface area contributed by atoms with Crippen LogP contribution < -0.4 is 0 Å². The molecule has 0 fully saturated rings.